The van der Waals surface area contributed by atoms with Gasteiger partial charge in [-0.25, -0.2) is 9.50 Å². The number of nitrogens with zero attached hydrogens (tertiary/aromatic N) is 3. The number of anilines is 1. The van der Waals surface area contributed by atoms with E-state index in [1.165, 1.54) is 6.07 Å². The Bertz CT molecular complexity index is 1100. The van der Waals surface area contributed by atoms with E-state index in [0.717, 1.165) is 17.0 Å². The van der Waals surface area contributed by atoms with Crippen molar-refractivity contribution in [2.75, 3.05) is 5.32 Å². The van der Waals surface area contributed by atoms with Crippen molar-refractivity contribution < 1.29 is 9.90 Å². The Labute approximate surface area is 149 Å². The highest BCUT2D eigenvalue weighted by Crippen LogP contribution is 2.20. The Morgan fingerprint density at radius 1 is 1.04 bits per heavy atom. The Kier molecular flexibility index (Phi) is 3.85. The third-order valence-electron chi connectivity index (χ3n) is 4.01. The third kappa shape index (κ3) is 3.00. The second-order valence-electron chi connectivity index (χ2n) is 5.95. The van der Waals surface area contributed by atoms with E-state index in [2.05, 4.69) is 15.4 Å². The molecular formula is C20H16N4O2. The number of hydrogen-bond acceptors (Lipinski definition) is 4. The number of aromatic hydroxyl groups is 1. The molecule has 0 aliphatic carbocycles. The molecule has 4 rings (SSSR count). The van der Waals surface area contributed by atoms with Crippen LogP contribution < -0.4 is 5.32 Å². The lowest BCUT2D eigenvalue weighted by Gasteiger charge is -2.04. The minimum Gasteiger partial charge on any atom is -0.508 e. The number of rotatable bonds is 3. The number of amides is 1. The molecule has 26 heavy (non-hydrogen) atoms. The van der Waals surface area contributed by atoms with Gasteiger partial charge in [0.15, 0.2) is 11.3 Å². The number of aromatic nitrogens is 3. The maximum absolute atomic E-state index is 12.5. The fourth-order valence-electron chi connectivity index (χ4n) is 2.77. The smallest absolute Gasteiger partial charge is 0.276 e. The number of nitrogens with one attached hydrogen (secondary N) is 1. The Morgan fingerprint density at radius 2 is 1.85 bits per heavy atom. The number of phenolic OH excluding ortho intramolecular Hbond substituents is 1. The largest absolute Gasteiger partial charge is 0.508 e. The molecular weight excluding hydrogens is 328 g/mol. The molecule has 1 amide bonds. The first kappa shape index (κ1) is 15.8. The van der Waals surface area contributed by atoms with Gasteiger partial charge in [-0.1, -0.05) is 36.4 Å². The average Bonchev–Trinajstić information content (AvgIpc) is 3.07. The van der Waals surface area contributed by atoms with E-state index < -0.39 is 0 Å². The van der Waals surface area contributed by atoms with Crippen LogP contribution in [0.25, 0.3) is 16.9 Å². The molecule has 2 N–H and O–H groups in total. The van der Waals surface area contributed by atoms with E-state index in [9.17, 15) is 9.90 Å². The van der Waals surface area contributed by atoms with E-state index in [0.29, 0.717) is 11.3 Å². The molecule has 0 spiro atoms. The van der Waals surface area contributed by atoms with Crippen LogP contribution in [0.2, 0.25) is 0 Å². The molecule has 0 bridgehead atoms. The van der Waals surface area contributed by atoms with Crippen LogP contribution in [0.5, 0.6) is 5.75 Å². The molecule has 0 aliphatic rings. The highest BCUT2D eigenvalue weighted by molar-refractivity contribution is 6.03. The molecule has 2 aromatic heterocycles. The summed E-state index contributed by atoms with van der Waals surface area (Å²) in [6, 6.07) is 19.8. The zero-order valence-electron chi connectivity index (χ0n) is 14.0. The van der Waals surface area contributed by atoms with Crippen molar-refractivity contribution in [2.45, 2.75) is 6.92 Å². The van der Waals surface area contributed by atoms with Crippen LogP contribution in [0.3, 0.4) is 0 Å². The second kappa shape index (κ2) is 6.33. The highest BCUT2D eigenvalue weighted by atomic mass is 16.3. The monoisotopic (exact) mass is 344 g/mol. The van der Waals surface area contributed by atoms with Gasteiger partial charge < -0.3 is 10.4 Å². The lowest BCUT2D eigenvalue weighted by molar-refractivity contribution is 0.102. The number of benzene rings is 2. The van der Waals surface area contributed by atoms with Gasteiger partial charge in [0.25, 0.3) is 5.91 Å². The van der Waals surface area contributed by atoms with Gasteiger partial charge in [0.2, 0.25) is 0 Å². The summed E-state index contributed by atoms with van der Waals surface area (Å²) >= 11 is 0. The minimum absolute atomic E-state index is 0.0859. The summed E-state index contributed by atoms with van der Waals surface area (Å²) in [6.07, 6.45) is 0. The van der Waals surface area contributed by atoms with E-state index in [1.54, 1.807) is 28.8 Å². The maximum atomic E-state index is 12.5. The normalized spacial score (nSPS) is 10.8. The van der Waals surface area contributed by atoms with Crippen molar-refractivity contribution >= 4 is 17.2 Å². The van der Waals surface area contributed by atoms with Crippen molar-refractivity contribution in [2.24, 2.45) is 0 Å². The topological polar surface area (TPSA) is 79.5 Å². The first-order valence-electron chi connectivity index (χ1n) is 8.13. The summed E-state index contributed by atoms with van der Waals surface area (Å²) < 4.78 is 1.64. The first-order chi connectivity index (χ1) is 12.6. The second-order valence-corrected chi connectivity index (χ2v) is 5.95. The van der Waals surface area contributed by atoms with Gasteiger partial charge in [0, 0.05) is 29.1 Å². The summed E-state index contributed by atoms with van der Waals surface area (Å²) in [7, 11) is 0. The molecule has 128 valence electrons. The van der Waals surface area contributed by atoms with Crippen molar-refractivity contribution in [3.8, 4) is 17.0 Å². The molecule has 0 unspecified atom stereocenters. The predicted molar refractivity (Wildman–Crippen MR) is 99.2 cm³/mol. The van der Waals surface area contributed by atoms with Gasteiger partial charge in [-0.3, -0.25) is 4.79 Å². The first-order valence-corrected chi connectivity index (χ1v) is 8.13. The molecule has 0 saturated heterocycles. The summed E-state index contributed by atoms with van der Waals surface area (Å²) in [5.74, 6) is -0.274. The fourth-order valence-corrected chi connectivity index (χ4v) is 2.77. The lowest BCUT2D eigenvalue weighted by Crippen LogP contribution is -2.12. The molecule has 0 atom stereocenters. The Morgan fingerprint density at radius 3 is 2.62 bits per heavy atom. The number of aryl methyl sites for hydroxylation is 1. The van der Waals surface area contributed by atoms with Gasteiger partial charge in [0.1, 0.15) is 5.75 Å². The van der Waals surface area contributed by atoms with Gasteiger partial charge in [-0.15, -0.1) is 0 Å². The van der Waals surface area contributed by atoms with Gasteiger partial charge >= 0.3 is 0 Å². The van der Waals surface area contributed by atoms with Gasteiger partial charge in [0.05, 0.1) is 5.69 Å². The number of fused-ring (bicyclic) bond motifs is 1. The maximum Gasteiger partial charge on any atom is 0.276 e. The Hall–Kier alpha value is -3.67. The van der Waals surface area contributed by atoms with Crippen LogP contribution in [0.15, 0.2) is 66.7 Å². The zero-order valence-corrected chi connectivity index (χ0v) is 14.0. The van der Waals surface area contributed by atoms with Crippen LogP contribution in [0.1, 0.15) is 16.2 Å². The quantitative estimate of drug-likeness (QED) is 0.594. The van der Waals surface area contributed by atoms with Crippen molar-refractivity contribution in [3.05, 3.63) is 78.1 Å². The Balaban J connectivity index is 1.69. The summed E-state index contributed by atoms with van der Waals surface area (Å²) in [5.41, 5.74) is 4.08. The molecule has 0 radical (unpaired) electrons. The van der Waals surface area contributed by atoms with E-state index in [4.69, 9.17) is 0 Å². The number of carbonyl (C=O) groups excluding carboxylic acids is 1. The lowest BCUT2D eigenvalue weighted by atomic mass is 10.1. The van der Waals surface area contributed by atoms with E-state index in [-0.39, 0.29) is 17.4 Å². The highest BCUT2D eigenvalue weighted by Gasteiger charge is 2.14. The third-order valence-corrected chi connectivity index (χ3v) is 4.01. The summed E-state index contributed by atoms with van der Waals surface area (Å²) in [6.45, 7) is 1.92. The number of carbonyl (C=O) groups is 1. The van der Waals surface area contributed by atoms with Crippen molar-refractivity contribution in [1.82, 2.24) is 14.6 Å². The standard InChI is InChI=1S/C20H16N4O2/c1-13-10-17(14-6-3-2-4-7-14)22-19-12-18(23-24(13)19)20(26)21-15-8-5-9-16(25)11-15/h2-12,25H,1H3,(H,21,26). The number of hydrogen-bond donors (Lipinski definition) is 2. The number of phenols is 1. The van der Waals surface area contributed by atoms with Gasteiger partial charge in [-0.05, 0) is 25.1 Å². The average molecular weight is 344 g/mol. The molecule has 4 aromatic rings. The molecule has 6 heteroatoms. The molecule has 0 saturated carbocycles. The van der Waals surface area contributed by atoms with E-state index >= 15 is 0 Å². The van der Waals surface area contributed by atoms with Gasteiger partial charge in [-0.2, -0.15) is 5.10 Å². The molecule has 6 nitrogen and oxygen atoms in total. The molecule has 0 aliphatic heterocycles. The molecule has 2 heterocycles. The van der Waals surface area contributed by atoms with Crippen LogP contribution >= 0.6 is 0 Å². The SMILES string of the molecule is Cc1cc(-c2ccccc2)nc2cc(C(=O)Nc3cccc(O)c3)nn12. The van der Waals surface area contributed by atoms with Crippen LogP contribution in [0.4, 0.5) is 5.69 Å². The summed E-state index contributed by atoms with van der Waals surface area (Å²) in [5, 5.41) is 16.6. The molecule has 2 aromatic carbocycles. The van der Waals surface area contributed by atoms with Crippen LogP contribution in [0, 0.1) is 6.92 Å². The van der Waals surface area contributed by atoms with Crippen molar-refractivity contribution in [1.29, 1.82) is 0 Å². The van der Waals surface area contributed by atoms with Crippen molar-refractivity contribution in [3.63, 3.8) is 0 Å². The summed E-state index contributed by atoms with van der Waals surface area (Å²) in [4.78, 5) is 17.1. The van der Waals surface area contributed by atoms with E-state index in [1.807, 2.05) is 43.3 Å². The zero-order chi connectivity index (χ0) is 18.1. The fraction of sp³-hybridized carbons (Fsp3) is 0.0500. The predicted octanol–water partition coefficient (Wildman–Crippen LogP) is 3.66. The molecule has 0 fully saturated rings. The minimum atomic E-state index is -0.359. The van der Waals surface area contributed by atoms with Crippen LogP contribution in [-0.2, 0) is 0 Å². The van der Waals surface area contributed by atoms with Crippen LogP contribution in [-0.4, -0.2) is 25.6 Å².